The van der Waals surface area contributed by atoms with Crippen LogP contribution < -0.4 is 11.2 Å². The van der Waals surface area contributed by atoms with Crippen LogP contribution in [0.3, 0.4) is 0 Å². The summed E-state index contributed by atoms with van der Waals surface area (Å²) in [5, 5.41) is 0. The number of hydrogen-bond donors (Lipinski definition) is 1. The summed E-state index contributed by atoms with van der Waals surface area (Å²) in [5.41, 5.74) is 1.44. The lowest BCUT2D eigenvalue weighted by Crippen LogP contribution is -2.33. The number of H-pyrrole nitrogens is 1. The zero-order valence-corrected chi connectivity index (χ0v) is 12.3. The Balaban J connectivity index is 2.17. The van der Waals surface area contributed by atoms with E-state index in [9.17, 15) is 14.4 Å². The van der Waals surface area contributed by atoms with E-state index in [1.807, 2.05) is 0 Å². The van der Waals surface area contributed by atoms with Gasteiger partial charge in [0.05, 0.1) is 28.0 Å². The molecule has 0 spiro atoms. The number of ether oxygens (including phenoxy) is 1. The highest BCUT2D eigenvalue weighted by atomic mass is 32.1. The molecule has 0 saturated carbocycles. The molecule has 0 bridgehead atoms. The molecule has 0 amide bonds. The number of carbonyl (C=O) groups is 1. The van der Waals surface area contributed by atoms with Crippen LogP contribution in [0.4, 0.5) is 0 Å². The predicted octanol–water partition coefficient (Wildman–Crippen LogP) is 1.31. The molecule has 0 aliphatic heterocycles. The molecule has 2 heterocycles. The second kappa shape index (κ2) is 5.57. The van der Waals surface area contributed by atoms with Crippen LogP contribution in [0, 0.1) is 0 Å². The van der Waals surface area contributed by atoms with Crippen molar-refractivity contribution in [1.29, 1.82) is 0 Å². The van der Waals surface area contributed by atoms with Gasteiger partial charge in [0.1, 0.15) is 5.56 Å². The summed E-state index contributed by atoms with van der Waals surface area (Å²) in [5.74, 6) is -0.767. The fraction of sp³-hybridized carbons (Fsp3) is 0.143. The van der Waals surface area contributed by atoms with Crippen LogP contribution in [0.25, 0.3) is 15.9 Å². The number of esters is 1. The first-order chi connectivity index (χ1) is 10.6. The third-order valence-electron chi connectivity index (χ3n) is 3.03. The minimum atomic E-state index is -0.767. The normalized spacial score (nSPS) is 10.8. The topological polar surface area (TPSA) is 94.1 Å². The Kier molecular flexibility index (Phi) is 3.60. The Morgan fingerprint density at radius 2 is 2.23 bits per heavy atom. The summed E-state index contributed by atoms with van der Waals surface area (Å²) in [6.45, 7) is 1.78. The maximum atomic E-state index is 12.0. The number of hydrogen-bond acceptors (Lipinski definition) is 6. The molecule has 2 aromatic heterocycles. The van der Waals surface area contributed by atoms with Gasteiger partial charge in [-0.2, -0.15) is 0 Å². The van der Waals surface area contributed by atoms with Gasteiger partial charge in [-0.1, -0.05) is 0 Å². The van der Waals surface area contributed by atoms with Gasteiger partial charge in [-0.25, -0.2) is 14.6 Å². The number of nitrogens with one attached hydrogen (secondary N) is 1. The van der Waals surface area contributed by atoms with Crippen LogP contribution in [-0.4, -0.2) is 27.1 Å². The van der Waals surface area contributed by atoms with Gasteiger partial charge in [-0.3, -0.25) is 14.3 Å². The van der Waals surface area contributed by atoms with E-state index >= 15 is 0 Å². The van der Waals surface area contributed by atoms with E-state index in [4.69, 9.17) is 4.74 Å². The number of rotatable bonds is 3. The number of fused-ring (bicyclic) bond motifs is 1. The van der Waals surface area contributed by atoms with Gasteiger partial charge in [-0.15, -0.1) is 11.3 Å². The predicted molar refractivity (Wildman–Crippen MR) is 81.8 cm³/mol. The Hall–Kier alpha value is -2.74. The molecule has 22 heavy (non-hydrogen) atoms. The molecule has 0 unspecified atom stereocenters. The Morgan fingerprint density at radius 3 is 3.00 bits per heavy atom. The summed E-state index contributed by atoms with van der Waals surface area (Å²) in [7, 11) is 0. The molecule has 7 nitrogen and oxygen atoms in total. The highest BCUT2D eigenvalue weighted by molar-refractivity contribution is 7.16. The van der Waals surface area contributed by atoms with Gasteiger partial charge < -0.3 is 4.74 Å². The van der Waals surface area contributed by atoms with Crippen molar-refractivity contribution in [3.05, 3.63) is 56.3 Å². The average molecular weight is 317 g/mol. The van der Waals surface area contributed by atoms with Gasteiger partial charge in [0.15, 0.2) is 0 Å². The maximum absolute atomic E-state index is 12.0. The molecule has 8 heteroatoms. The molecule has 3 aromatic rings. The van der Waals surface area contributed by atoms with Crippen molar-refractivity contribution in [2.24, 2.45) is 0 Å². The minimum Gasteiger partial charge on any atom is -0.462 e. The molecular weight excluding hydrogens is 306 g/mol. The lowest BCUT2D eigenvalue weighted by Gasteiger charge is -2.07. The molecule has 0 radical (unpaired) electrons. The highest BCUT2D eigenvalue weighted by Crippen LogP contribution is 2.20. The first kappa shape index (κ1) is 14.2. The first-order valence-electron chi connectivity index (χ1n) is 6.47. The zero-order valence-electron chi connectivity index (χ0n) is 11.5. The molecule has 0 aliphatic rings. The SMILES string of the molecule is CCOC(=O)c1cn(-c2ccc3ncsc3c2)c(=O)[nH]c1=O. The quantitative estimate of drug-likeness (QED) is 0.735. The number of aromatic amines is 1. The van der Waals surface area contributed by atoms with Crippen molar-refractivity contribution in [3.63, 3.8) is 0 Å². The van der Waals surface area contributed by atoms with Gasteiger partial charge in [0, 0.05) is 6.20 Å². The van der Waals surface area contributed by atoms with Crippen molar-refractivity contribution < 1.29 is 9.53 Å². The summed E-state index contributed by atoms with van der Waals surface area (Å²) in [6, 6.07) is 5.22. The molecule has 0 atom stereocenters. The fourth-order valence-electron chi connectivity index (χ4n) is 2.01. The minimum absolute atomic E-state index is 0.143. The summed E-state index contributed by atoms with van der Waals surface area (Å²) < 4.78 is 6.91. The van der Waals surface area contributed by atoms with Crippen LogP contribution in [-0.2, 0) is 4.74 Å². The lowest BCUT2D eigenvalue weighted by atomic mass is 10.2. The monoisotopic (exact) mass is 317 g/mol. The number of nitrogens with zero attached hydrogens (tertiary/aromatic N) is 2. The van der Waals surface area contributed by atoms with E-state index < -0.39 is 17.2 Å². The van der Waals surface area contributed by atoms with E-state index in [-0.39, 0.29) is 12.2 Å². The van der Waals surface area contributed by atoms with Crippen LogP contribution in [0.1, 0.15) is 17.3 Å². The van der Waals surface area contributed by atoms with Gasteiger partial charge in [0.25, 0.3) is 5.56 Å². The van der Waals surface area contributed by atoms with Crippen LogP contribution in [0.2, 0.25) is 0 Å². The van der Waals surface area contributed by atoms with E-state index in [1.54, 1.807) is 30.6 Å². The van der Waals surface area contributed by atoms with E-state index in [0.717, 1.165) is 10.2 Å². The molecule has 1 N–H and O–H groups in total. The van der Waals surface area contributed by atoms with Crippen molar-refractivity contribution in [2.45, 2.75) is 6.92 Å². The van der Waals surface area contributed by atoms with Crippen LogP contribution in [0.5, 0.6) is 0 Å². The third kappa shape index (κ3) is 2.44. The molecule has 3 rings (SSSR count). The Bertz CT molecular complexity index is 970. The van der Waals surface area contributed by atoms with Crippen LogP contribution >= 0.6 is 11.3 Å². The van der Waals surface area contributed by atoms with Crippen molar-refractivity contribution in [2.75, 3.05) is 6.61 Å². The lowest BCUT2D eigenvalue weighted by molar-refractivity contribution is 0.0523. The van der Waals surface area contributed by atoms with Gasteiger partial charge >= 0.3 is 11.7 Å². The molecule has 0 saturated heterocycles. The Morgan fingerprint density at radius 1 is 1.41 bits per heavy atom. The van der Waals surface area contributed by atoms with Crippen LogP contribution in [0.15, 0.2) is 39.5 Å². The smallest absolute Gasteiger partial charge is 0.345 e. The van der Waals surface area contributed by atoms with E-state index in [1.165, 1.54) is 22.1 Å². The third-order valence-corrected chi connectivity index (χ3v) is 3.82. The fourth-order valence-corrected chi connectivity index (χ4v) is 2.72. The summed E-state index contributed by atoms with van der Waals surface area (Å²) in [4.78, 5) is 41.8. The number of aromatic nitrogens is 3. The van der Waals surface area contributed by atoms with Crippen molar-refractivity contribution in [3.8, 4) is 5.69 Å². The molecule has 0 fully saturated rings. The average Bonchev–Trinajstić information content (AvgIpc) is 2.95. The van der Waals surface area contributed by atoms with E-state index in [2.05, 4.69) is 9.97 Å². The van der Waals surface area contributed by atoms with Gasteiger partial charge in [0.2, 0.25) is 0 Å². The summed E-state index contributed by atoms with van der Waals surface area (Å²) in [6.07, 6.45) is 1.20. The number of benzene rings is 1. The second-order valence-electron chi connectivity index (χ2n) is 4.40. The largest absolute Gasteiger partial charge is 0.462 e. The molecule has 0 aliphatic carbocycles. The maximum Gasteiger partial charge on any atom is 0.345 e. The first-order valence-corrected chi connectivity index (χ1v) is 7.35. The van der Waals surface area contributed by atoms with Gasteiger partial charge in [-0.05, 0) is 25.1 Å². The Labute approximate surface area is 127 Å². The zero-order chi connectivity index (χ0) is 15.7. The molecule has 112 valence electrons. The van der Waals surface area contributed by atoms with Crippen molar-refractivity contribution >= 4 is 27.5 Å². The number of carbonyl (C=O) groups excluding carboxylic acids is 1. The van der Waals surface area contributed by atoms with Crippen molar-refractivity contribution in [1.82, 2.24) is 14.5 Å². The second-order valence-corrected chi connectivity index (χ2v) is 5.28. The molecular formula is C14H11N3O4S. The molecule has 1 aromatic carbocycles. The standard InChI is InChI=1S/C14H11N3O4S/c1-2-21-13(19)9-6-17(14(20)16-12(9)18)8-3-4-10-11(5-8)22-7-15-10/h3-7H,2H2,1H3,(H,16,18,20). The highest BCUT2D eigenvalue weighted by Gasteiger charge is 2.15. The summed E-state index contributed by atoms with van der Waals surface area (Å²) >= 11 is 1.43. The van der Waals surface area contributed by atoms with E-state index in [0.29, 0.717) is 5.69 Å². The number of thiazole rings is 1.